The van der Waals surface area contributed by atoms with Crippen LogP contribution >= 0.6 is 0 Å². The van der Waals surface area contributed by atoms with Gasteiger partial charge in [-0.1, -0.05) is 43.3 Å². The molecule has 0 saturated heterocycles. The fraction of sp³-hybridized carbons (Fsp3) is 0.545. The van der Waals surface area contributed by atoms with Gasteiger partial charge in [0.2, 0.25) is 0 Å². The molecule has 0 spiro atoms. The van der Waals surface area contributed by atoms with Crippen LogP contribution in [0, 0.1) is 5.41 Å². The molecule has 0 aliphatic rings. The first-order valence-electron chi connectivity index (χ1n) is 4.42. The molecule has 0 unspecified atom stereocenters. The highest BCUT2D eigenvalue weighted by atomic mass is 16.4. The molecular formula is C11H19NO. The van der Waals surface area contributed by atoms with Gasteiger partial charge in [-0.05, 0) is 20.3 Å². The second kappa shape index (κ2) is 4.85. The summed E-state index contributed by atoms with van der Waals surface area (Å²) in [6.45, 7) is 11.6. The average molecular weight is 181 g/mol. The Bertz CT molecular complexity index is 236. The van der Waals surface area contributed by atoms with E-state index in [9.17, 15) is 0 Å². The van der Waals surface area contributed by atoms with Gasteiger partial charge in [-0.2, -0.15) is 0 Å². The lowest BCUT2D eigenvalue weighted by Gasteiger charge is -2.21. The van der Waals surface area contributed by atoms with Crippen LogP contribution in [0.1, 0.15) is 34.1 Å². The molecule has 1 N–H and O–H groups in total. The summed E-state index contributed by atoms with van der Waals surface area (Å²) in [6.07, 6.45) is 4.78. The van der Waals surface area contributed by atoms with Crippen molar-refractivity contribution in [1.82, 2.24) is 0 Å². The van der Waals surface area contributed by atoms with E-state index in [1.807, 2.05) is 19.9 Å². The van der Waals surface area contributed by atoms with Crippen molar-refractivity contribution in [2.75, 3.05) is 0 Å². The summed E-state index contributed by atoms with van der Waals surface area (Å²) in [7, 11) is 0. The fourth-order valence-corrected chi connectivity index (χ4v) is 0.783. The molecule has 0 rings (SSSR count). The number of allylic oxidation sites excluding steroid dienone is 3. The van der Waals surface area contributed by atoms with Gasteiger partial charge in [-0.25, -0.2) is 0 Å². The van der Waals surface area contributed by atoms with E-state index in [0.29, 0.717) is 0 Å². The van der Waals surface area contributed by atoms with Gasteiger partial charge in [0.25, 0.3) is 0 Å². The van der Waals surface area contributed by atoms with Crippen LogP contribution in [0.3, 0.4) is 0 Å². The summed E-state index contributed by atoms with van der Waals surface area (Å²) in [5.41, 5.74) is 1.82. The van der Waals surface area contributed by atoms with Crippen LogP contribution in [-0.4, -0.2) is 10.9 Å². The molecule has 2 heteroatoms. The third-order valence-corrected chi connectivity index (χ3v) is 2.39. The van der Waals surface area contributed by atoms with Crippen molar-refractivity contribution < 1.29 is 5.21 Å². The average Bonchev–Trinajstić information content (AvgIpc) is 2.12. The van der Waals surface area contributed by atoms with E-state index in [2.05, 4.69) is 31.7 Å². The van der Waals surface area contributed by atoms with Gasteiger partial charge < -0.3 is 5.21 Å². The van der Waals surface area contributed by atoms with E-state index < -0.39 is 0 Å². The van der Waals surface area contributed by atoms with Crippen molar-refractivity contribution in [3.63, 3.8) is 0 Å². The van der Waals surface area contributed by atoms with Gasteiger partial charge in [0.15, 0.2) is 0 Å². The summed E-state index contributed by atoms with van der Waals surface area (Å²) in [5.74, 6) is 0. The topological polar surface area (TPSA) is 32.6 Å². The van der Waals surface area contributed by atoms with Crippen LogP contribution in [0.25, 0.3) is 0 Å². The van der Waals surface area contributed by atoms with Crippen LogP contribution in [0.5, 0.6) is 0 Å². The van der Waals surface area contributed by atoms with Gasteiger partial charge in [-0.3, -0.25) is 0 Å². The molecule has 0 heterocycles. The molecule has 0 aromatic carbocycles. The standard InChI is InChI=1S/C11H19NO/c1-6-9(2)7-8-11(4,5)10(3)12-13/h6-7,13H,1,8H2,2-5H3. The second-order valence-corrected chi connectivity index (χ2v) is 3.93. The number of oxime groups is 1. The fourth-order valence-electron chi connectivity index (χ4n) is 0.783. The predicted octanol–water partition coefficient (Wildman–Crippen LogP) is 3.39. The quantitative estimate of drug-likeness (QED) is 0.306. The molecule has 0 radical (unpaired) electrons. The monoisotopic (exact) mass is 181 g/mol. The second-order valence-electron chi connectivity index (χ2n) is 3.93. The summed E-state index contributed by atoms with van der Waals surface area (Å²) in [6, 6.07) is 0. The minimum absolute atomic E-state index is 0.0843. The van der Waals surface area contributed by atoms with Crippen LogP contribution < -0.4 is 0 Å². The predicted molar refractivity (Wildman–Crippen MR) is 57.2 cm³/mol. The van der Waals surface area contributed by atoms with E-state index in [-0.39, 0.29) is 5.41 Å². The highest BCUT2D eigenvalue weighted by Gasteiger charge is 2.20. The van der Waals surface area contributed by atoms with Crippen molar-refractivity contribution in [2.24, 2.45) is 10.6 Å². The van der Waals surface area contributed by atoms with Crippen LogP contribution in [0.15, 0.2) is 29.5 Å². The maximum absolute atomic E-state index is 8.64. The highest BCUT2D eigenvalue weighted by Crippen LogP contribution is 2.23. The molecule has 74 valence electrons. The minimum Gasteiger partial charge on any atom is -0.411 e. The van der Waals surface area contributed by atoms with Crippen molar-refractivity contribution in [1.29, 1.82) is 0 Å². The number of hydrogen-bond donors (Lipinski definition) is 1. The Morgan fingerprint density at radius 1 is 1.46 bits per heavy atom. The third-order valence-electron chi connectivity index (χ3n) is 2.39. The van der Waals surface area contributed by atoms with E-state index in [0.717, 1.165) is 17.7 Å². The normalized spacial score (nSPS) is 14.5. The SMILES string of the molecule is C=CC(C)=CCC(C)(C)C(C)=NO. The van der Waals surface area contributed by atoms with Gasteiger partial charge in [0, 0.05) is 5.41 Å². The Balaban J connectivity index is 4.43. The summed E-state index contributed by atoms with van der Waals surface area (Å²) < 4.78 is 0. The molecular weight excluding hydrogens is 162 g/mol. The Hall–Kier alpha value is -1.05. The minimum atomic E-state index is -0.0843. The molecule has 0 fully saturated rings. The van der Waals surface area contributed by atoms with E-state index in [1.54, 1.807) is 0 Å². The highest BCUT2D eigenvalue weighted by molar-refractivity contribution is 5.86. The Morgan fingerprint density at radius 2 is 2.00 bits per heavy atom. The molecule has 13 heavy (non-hydrogen) atoms. The zero-order valence-electron chi connectivity index (χ0n) is 8.96. The van der Waals surface area contributed by atoms with Crippen LogP contribution in [0.2, 0.25) is 0 Å². The van der Waals surface area contributed by atoms with Crippen LogP contribution in [-0.2, 0) is 0 Å². The molecule has 2 nitrogen and oxygen atoms in total. The van der Waals surface area contributed by atoms with E-state index >= 15 is 0 Å². The summed E-state index contributed by atoms with van der Waals surface area (Å²) in [4.78, 5) is 0. The Morgan fingerprint density at radius 3 is 2.38 bits per heavy atom. The molecule has 0 bridgehead atoms. The molecule has 0 saturated carbocycles. The Kier molecular flexibility index (Phi) is 4.46. The molecule has 0 aromatic rings. The first kappa shape index (κ1) is 11.9. The molecule has 0 amide bonds. The molecule has 0 atom stereocenters. The van der Waals surface area contributed by atoms with Crippen molar-refractivity contribution in [3.8, 4) is 0 Å². The first-order chi connectivity index (χ1) is 5.94. The van der Waals surface area contributed by atoms with E-state index in [1.165, 1.54) is 0 Å². The number of rotatable bonds is 4. The number of hydrogen-bond acceptors (Lipinski definition) is 2. The lowest BCUT2D eigenvalue weighted by Crippen LogP contribution is -2.20. The van der Waals surface area contributed by atoms with Crippen molar-refractivity contribution in [3.05, 3.63) is 24.3 Å². The van der Waals surface area contributed by atoms with Crippen LogP contribution in [0.4, 0.5) is 0 Å². The maximum atomic E-state index is 8.64. The summed E-state index contributed by atoms with van der Waals surface area (Å²) in [5, 5.41) is 11.9. The molecule has 0 aliphatic carbocycles. The zero-order chi connectivity index (χ0) is 10.5. The molecule has 0 aromatic heterocycles. The van der Waals surface area contributed by atoms with Crippen molar-refractivity contribution >= 4 is 5.71 Å². The summed E-state index contributed by atoms with van der Waals surface area (Å²) >= 11 is 0. The zero-order valence-corrected chi connectivity index (χ0v) is 8.96. The number of nitrogens with zero attached hydrogens (tertiary/aromatic N) is 1. The maximum Gasteiger partial charge on any atom is 0.0599 e. The Labute approximate surface area is 80.7 Å². The van der Waals surface area contributed by atoms with Gasteiger partial charge in [0.1, 0.15) is 0 Å². The molecule has 0 aliphatic heterocycles. The smallest absolute Gasteiger partial charge is 0.0599 e. The van der Waals surface area contributed by atoms with Gasteiger partial charge >= 0.3 is 0 Å². The van der Waals surface area contributed by atoms with Gasteiger partial charge in [0.05, 0.1) is 5.71 Å². The lowest BCUT2D eigenvalue weighted by molar-refractivity contribution is 0.308. The lowest BCUT2D eigenvalue weighted by atomic mass is 9.84. The van der Waals surface area contributed by atoms with Gasteiger partial charge in [-0.15, -0.1) is 0 Å². The largest absolute Gasteiger partial charge is 0.411 e. The van der Waals surface area contributed by atoms with Crippen molar-refractivity contribution in [2.45, 2.75) is 34.1 Å². The first-order valence-corrected chi connectivity index (χ1v) is 4.42. The van der Waals surface area contributed by atoms with E-state index in [4.69, 9.17) is 5.21 Å². The third kappa shape index (κ3) is 3.92.